The minimum Gasteiger partial charge on any atom is -0.481 e. The van der Waals surface area contributed by atoms with Gasteiger partial charge in [0.05, 0.1) is 5.92 Å². The molecule has 1 N–H and O–H groups in total. The number of unbranched alkanes of at least 4 members (excludes halogenated alkanes) is 7. The van der Waals surface area contributed by atoms with Gasteiger partial charge >= 0.3 is 5.97 Å². The maximum atomic E-state index is 10.9. The molecule has 0 radical (unpaired) electrons. The van der Waals surface area contributed by atoms with E-state index < -0.39 is 11.6 Å². The summed E-state index contributed by atoms with van der Waals surface area (Å²) >= 11 is 0. The number of carboxylic acid groups (broad SMARTS) is 1. The lowest BCUT2D eigenvalue weighted by atomic mass is 9.80. The van der Waals surface area contributed by atoms with Gasteiger partial charge in [0.15, 0.2) is 0 Å². The van der Waals surface area contributed by atoms with Crippen LogP contribution >= 0.6 is 0 Å². The molecule has 35 heavy (non-hydrogen) atoms. The molecule has 0 bridgehead atoms. The van der Waals surface area contributed by atoms with Crippen LogP contribution in [-0.2, 0) is 15.1 Å². The molecule has 1 atom stereocenters. The number of benzene rings is 3. The Hall–Kier alpha value is -2.91. The Morgan fingerprint density at radius 3 is 1.43 bits per heavy atom. The molecule has 0 fully saturated rings. The zero-order chi connectivity index (χ0) is 24.8. The van der Waals surface area contributed by atoms with Crippen LogP contribution in [0.25, 0.3) is 0 Å². The highest BCUT2D eigenvalue weighted by Crippen LogP contribution is 2.40. The molecule has 3 aromatic rings. The van der Waals surface area contributed by atoms with Gasteiger partial charge in [0, 0.05) is 6.61 Å². The minimum atomic E-state index is -0.678. The lowest BCUT2D eigenvalue weighted by Crippen LogP contribution is -2.33. The summed E-state index contributed by atoms with van der Waals surface area (Å²) < 4.78 is 6.84. The molecule has 0 saturated heterocycles. The van der Waals surface area contributed by atoms with Crippen LogP contribution in [0.3, 0.4) is 0 Å². The topological polar surface area (TPSA) is 46.5 Å². The third-order valence-electron chi connectivity index (χ3n) is 6.81. The Bertz CT molecular complexity index is 873. The second kappa shape index (κ2) is 14.5. The van der Waals surface area contributed by atoms with Gasteiger partial charge in [-0.05, 0) is 29.5 Å². The fourth-order valence-electron chi connectivity index (χ4n) is 4.73. The van der Waals surface area contributed by atoms with Crippen molar-refractivity contribution in [2.45, 2.75) is 70.3 Å². The highest BCUT2D eigenvalue weighted by molar-refractivity contribution is 5.69. The van der Waals surface area contributed by atoms with Crippen molar-refractivity contribution in [3.05, 3.63) is 108 Å². The maximum Gasteiger partial charge on any atom is 0.306 e. The number of hydrogen-bond donors (Lipinski definition) is 1. The molecule has 1 unspecified atom stereocenters. The standard InChI is InChI=1S/C32H40O3/c1-27(31(33)34)19-11-6-4-2-3-5-7-18-26-35-32(28-20-12-8-13-21-28,29-22-14-9-15-23-29)30-24-16-10-17-25-30/h8-10,12-17,20-25,27H,2-7,11,18-19,26H2,1H3,(H,33,34). The predicted molar refractivity (Wildman–Crippen MR) is 144 cm³/mol. The molecular formula is C32H40O3. The molecule has 0 saturated carbocycles. The first-order valence-electron chi connectivity index (χ1n) is 13.2. The quantitative estimate of drug-likeness (QED) is 0.169. The third kappa shape index (κ3) is 7.80. The lowest BCUT2D eigenvalue weighted by molar-refractivity contribution is -0.141. The first-order valence-corrected chi connectivity index (χ1v) is 13.2. The average molecular weight is 473 g/mol. The predicted octanol–water partition coefficient (Wildman–Crippen LogP) is 8.23. The molecule has 3 aromatic carbocycles. The number of carboxylic acids is 1. The summed E-state index contributed by atoms with van der Waals surface area (Å²) in [6.07, 6.45) is 10.00. The summed E-state index contributed by atoms with van der Waals surface area (Å²) in [6, 6.07) is 31.7. The molecule has 0 amide bonds. The first-order chi connectivity index (χ1) is 17.1. The number of carbonyl (C=O) groups is 1. The van der Waals surface area contributed by atoms with Crippen LogP contribution in [0.1, 0.15) is 81.4 Å². The summed E-state index contributed by atoms with van der Waals surface area (Å²) in [5.41, 5.74) is 2.82. The van der Waals surface area contributed by atoms with Crippen LogP contribution in [0.2, 0.25) is 0 Å². The van der Waals surface area contributed by atoms with Crippen LogP contribution in [-0.4, -0.2) is 17.7 Å². The summed E-state index contributed by atoms with van der Waals surface area (Å²) in [4.78, 5) is 10.9. The van der Waals surface area contributed by atoms with E-state index in [0.29, 0.717) is 6.61 Å². The second-order valence-electron chi connectivity index (χ2n) is 9.48. The summed E-state index contributed by atoms with van der Waals surface area (Å²) in [5.74, 6) is -0.896. The Morgan fingerprint density at radius 2 is 1.03 bits per heavy atom. The van der Waals surface area contributed by atoms with E-state index in [2.05, 4.69) is 91.0 Å². The second-order valence-corrected chi connectivity index (χ2v) is 9.48. The first kappa shape index (κ1) is 26.7. The molecule has 0 aromatic heterocycles. The van der Waals surface area contributed by atoms with Crippen LogP contribution in [0.4, 0.5) is 0 Å². The van der Waals surface area contributed by atoms with E-state index in [1.165, 1.54) is 25.7 Å². The zero-order valence-corrected chi connectivity index (χ0v) is 21.1. The largest absolute Gasteiger partial charge is 0.481 e. The summed E-state index contributed by atoms with van der Waals surface area (Å²) in [6.45, 7) is 2.50. The normalized spacial score (nSPS) is 12.4. The monoisotopic (exact) mass is 472 g/mol. The minimum absolute atomic E-state index is 0.218. The van der Waals surface area contributed by atoms with E-state index in [1.807, 2.05) is 0 Å². The van der Waals surface area contributed by atoms with Crippen molar-refractivity contribution >= 4 is 5.97 Å². The van der Waals surface area contributed by atoms with Crippen molar-refractivity contribution in [1.82, 2.24) is 0 Å². The Balaban J connectivity index is 1.53. The van der Waals surface area contributed by atoms with E-state index >= 15 is 0 Å². The van der Waals surface area contributed by atoms with Crippen molar-refractivity contribution in [2.75, 3.05) is 6.61 Å². The molecule has 3 rings (SSSR count). The van der Waals surface area contributed by atoms with E-state index in [1.54, 1.807) is 6.92 Å². The van der Waals surface area contributed by atoms with Gasteiger partial charge in [0.2, 0.25) is 0 Å². The number of hydrogen-bond acceptors (Lipinski definition) is 2. The number of rotatable bonds is 16. The van der Waals surface area contributed by atoms with Crippen LogP contribution in [0.5, 0.6) is 0 Å². The van der Waals surface area contributed by atoms with Gasteiger partial charge in [0.1, 0.15) is 5.60 Å². The van der Waals surface area contributed by atoms with Crippen molar-refractivity contribution in [3.63, 3.8) is 0 Å². The van der Waals surface area contributed by atoms with E-state index in [4.69, 9.17) is 9.84 Å². The van der Waals surface area contributed by atoms with Crippen molar-refractivity contribution in [2.24, 2.45) is 5.92 Å². The lowest BCUT2D eigenvalue weighted by Gasteiger charge is -2.36. The molecule has 0 aliphatic carbocycles. The molecule has 0 aliphatic heterocycles. The van der Waals surface area contributed by atoms with Crippen LogP contribution in [0, 0.1) is 5.92 Å². The van der Waals surface area contributed by atoms with Crippen LogP contribution < -0.4 is 0 Å². The van der Waals surface area contributed by atoms with Gasteiger partial charge in [-0.2, -0.15) is 0 Å². The third-order valence-corrected chi connectivity index (χ3v) is 6.81. The SMILES string of the molecule is CC(CCCCCCCCCCOC(c1ccccc1)(c1ccccc1)c1ccccc1)C(=O)O. The van der Waals surface area contributed by atoms with Gasteiger partial charge < -0.3 is 9.84 Å². The van der Waals surface area contributed by atoms with Gasteiger partial charge in [-0.15, -0.1) is 0 Å². The molecule has 0 spiro atoms. The van der Waals surface area contributed by atoms with Gasteiger partial charge in [-0.1, -0.05) is 143 Å². The average Bonchev–Trinajstić information content (AvgIpc) is 2.91. The maximum absolute atomic E-state index is 10.9. The molecule has 0 heterocycles. The number of ether oxygens (including phenoxy) is 1. The van der Waals surface area contributed by atoms with Gasteiger partial charge in [-0.25, -0.2) is 0 Å². The molecule has 186 valence electrons. The highest BCUT2D eigenvalue weighted by atomic mass is 16.5. The Labute approximate surface area is 211 Å². The fourth-order valence-corrected chi connectivity index (χ4v) is 4.73. The molecular weight excluding hydrogens is 432 g/mol. The zero-order valence-electron chi connectivity index (χ0n) is 21.1. The van der Waals surface area contributed by atoms with Crippen LogP contribution in [0.15, 0.2) is 91.0 Å². The van der Waals surface area contributed by atoms with Crippen molar-refractivity contribution in [3.8, 4) is 0 Å². The molecule has 3 nitrogen and oxygen atoms in total. The van der Waals surface area contributed by atoms with E-state index in [-0.39, 0.29) is 5.92 Å². The van der Waals surface area contributed by atoms with Crippen molar-refractivity contribution < 1.29 is 14.6 Å². The Kier molecular flexibility index (Phi) is 11.0. The van der Waals surface area contributed by atoms with Crippen molar-refractivity contribution in [1.29, 1.82) is 0 Å². The highest BCUT2D eigenvalue weighted by Gasteiger charge is 2.37. The summed E-state index contributed by atoms with van der Waals surface area (Å²) in [7, 11) is 0. The Morgan fingerprint density at radius 1 is 0.657 bits per heavy atom. The van der Waals surface area contributed by atoms with Gasteiger partial charge in [0.25, 0.3) is 0 Å². The van der Waals surface area contributed by atoms with E-state index in [0.717, 1.165) is 48.8 Å². The molecule has 0 aliphatic rings. The fraction of sp³-hybridized carbons (Fsp3) is 0.406. The van der Waals surface area contributed by atoms with Gasteiger partial charge in [-0.3, -0.25) is 4.79 Å². The smallest absolute Gasteiger partial charge is 0.306 e. The number of aliphatic carboxylic acids is 1. The molecule has 3 heteroatoms. The van der Waals surface area contributed by atoms with E-state index in [9.17, 15) is 4.79 Å². The summed E-state index contributed by atoms with van der Waals surface area (Å²) in [5, 5.41) is 8.96.